The molecular weight excluding hydrogens is 522 g/mol. The number of ether oxygens (including phenoxy) is 3. The van der Waals surface area contributed by atoms with Crippen molar-refractivity contribution in [2.24, 2.45) is 11.8 Å². The van der Waals surface area contributed by atoms with Crippen molar-refractivity contribution >= 4 is 51.5 Å². The van der Waals surface area contributed by atoms with Gasteiger partial charge in [-0.15, -0.1) is 0 Å². The number of nitrogens with zero attached hydrogens (tertiary/aromatic N) is 3. The number of aromatic nitrogens is 2. The molecule has 192 valence electrons. The first kappa shape index (κ1) is 24.2. The van der Waals surface area contributed by atoms with Crippen molar-refractivity contribution in [1.82, 2.24) is 14.9 Å². The van der Waals surface area contributed by atoms with Crippen LogP contribution in [-0.4, -0.2) is 59.3 Å². The summed E-state index contributed by atoms with van der Waals surface area (Å²) >= 11 is 11.9. The predicted molar refractivity (Wildman–Crippen MR) is 137 cm³/mol. The van der Waals surface area contributed by atoms with E-state index in [-0.39, 0.29) is 45.7 Å². The van der Waals surface area contributed by atoms with Crippen molar-refractivity contribution in [3.05, 3.63) is 59.1 Å². The summed E-state index contributed by atoms with van der Waals surface area (Å²) in [6, 6.07) is 6.61. The normalized spacial score (nSPS) is 22.7. The van der Waals surface area contributed by atoms with Crippen LogP contribution < -0.4 is 14.8 Å². The molecule has 1 aliphatic carbocycles. The summed E-state index contributed by atoms with van der Waals surface area (Å²) < 4.78 is 32.7. The second kappa shape index (κ2) is 9.63. The van der Waals surface area contributed by atoms with Gasteiger partial charge in [-0.1, -0.05) is 29.8 Å². The van der Waals surface area contributed by atoms with Gasteiger partial charge in [0.05, 0.1) is 34.5 Å². The predicted octanol–water partition coefficient (Wildman–Crippen LogP) is 5.01. The lowest BCUT2D eigenvalue weighted by Gasteiger charge is -2.52. The summed E-state index contributed by atoms with van der Waals surface area (Å²) in [5, 5.41) is 3.56. The fourth-order valence-corrected chi connectivity index (χ4v) is 5.36. The Hall–Kier alpha value is -3.14. The molecule has 1 unspecified atom stereocenters. The van der Waals surface area contributed by atoms with Gasteiger partial charge in [0.1, 0.15) is 24.4 Å². The third kappa shape index (κ3) is 4.45. The number of benzene rings is 2. The van der Waals surface area contributed by atoms with Crippen LogP contribution in [0, 0.1) is 17.7 Å². The van der Waals surface area contributed by atoms with Crippen LogP contribution in [0.5, 0.6) is 11.5 Å². The van der Waals surface area contributed by atoms with Crippen LogP contribution in [0.25, 0.3) is 10.9 Å². The maximum atomic E-state index is 14.7. The highest BCUT2D eigenvalue weighted by molar-refractivity contribution is 6.42. The first-order valence-corrected chi connectivity index (χ1v) is 12.7. The molecule has 3 aromatic rings. The van der Waals surface area contributed by atoms with Gasteiger partial charge in [0.15, 0.2) is 17.3 Å². The van der Waals surface area contributed by atoms with Crippen molar-refractivity contribution in [3.63, 3.8) is 0 Å². The third-order valence-corrected chi connectivity index (χ3v) is 7.87. The van der Waals surface area contributed by atoms with Gasteiger partial charge in [-0.3, -0.25) is 4.79 Å². The molecule has 4 fully saturated rings. The third-order valence-electron chi connectivity index (χ3n) is 7.08. The molecule has 1 saturated carbocycles. The summed E-state index contributed by atoms with van der Waals surface area (Å²) in [5.74, 6) is 1.16. The minimum atomic E-state index is -0.678. The summed E-state index contributed by atoms with van der Waals surface area (Å²) in [7, 11) is 0. The first-order chi connectivity index (χ1) is 17.9. The van der Waals surface area contributed by atoms with Crippen molar-refractivity contribution < 1.29 is 23.4 Å². The topological polar surface area (TPSA) is 85.8 Å². The molecule has 1 aromatic heterocycles. The van der Waals surface area contributed by atoms with Gasteiger partial charge in [-0.05, 0) is 30.7 Å². The van der Waals surface area contributed by atoms with Crippen molar-refractivity contribution in [2.45, 2.75) is 18.6 Å². The van der Waals surface area contributed by atoms with Crippen LogP contribution in [0.4, 0.5) is 15.9 Å². The van der Waals surface area contributed by atoms with Crippen LogP contribution in [0.3, 0.4) is 0 Å². The number of hydrogen-bond donors (Lipinski definition) is 1. The van der Waals surface area contributed by atoms with Gasteiger partial charge in [-0.25, -0.2) is 14.4 Å². The average molecular weight is 545 g/mol. The maximum Gasteiger partial charge on any atom is 0.245 e. The smallest absolute Gasteiger partial charge is 0.245 e. The van der Waals surface area contributed by atoms with E-state index < -0.39 is 5.82 Å². The van der Waals surface area contributed by atoms with Gasteiger partial charge in [-0.2, -0.15) is 0 Å². The SMILES string of the molecule is C=CC(=O)N1C[C@H]2C[C@@H](C1)C2Oc1cc2c(Nc3ccc(Cl)c(Cl)c3F)ncnc2cc1OC1COC1. The lowest BCUT2D eigenvalue weighted by atomic mass is 9.68. The van der Waals surface area contributed by atoms with Crippen LogP contribution in [0.1, 0.15) is 6.42 Å². The Kier molecular flexibility index (Phi) is 6.30. The zero-order valence-corrected chi connectivity index (χ0v) is 21.1. The standard InChI is InChI=1S/C26H23Cl2FN4O4/c1-2-22(34)33-8-13-5-14(9-33)25(13)37-20-6-16-19(7-21(20)36-15-10-35-11-15)30-12-31-26(16)32-18-4-3-17(27)23(28)24(18)29/h2-4,6-7,12-15,25H,1,5,8-11H2,(H,30,31,32)/t13-,14+,25?. The molecule has 11 heteroatoms. The first-order valence-electron chi connectivity index (χ1n) is 11.9. The number of carbonyl (C=O) groups is 1. The van der Waals surface area contributed by atoms with E-state index in [0.717, 1.165) is 6.42 Å². The fourth-order valence-electron chi connectivity index (χ4n) is 5.05. The molecule has 4 aliphatic rings. The largest absolute Gasteiger partial charge is 0.486 e. The highest BCUT2D eigenvalue weighted by Crippen LogP contribution is 2.45. The molecule has 7 rings (SSSR count). The molecule has 0 spiro atoms. The van der Waals surface area contributed by atoms with Gasteiger partial charge < -0.3 is 24.4 Å². The van der Waals surface area contributed by atoms with Crippen LogP contribution in [-0.2, 0) is 9.53 Å². The molecule has 0 radical (unpaired) electrons. The molecule has 3 atom stereocenters. The molecule has 3 saturated heterocycles. The van der Waals surface area contributed by atoms with E-state index in [2.05, 4.69) is 21.9 Å². The Labute approximate surface area is 222 Å². The van der Waals surface area contributed by atoms with Gasteiger partial charge in [0.25, 0.3) is 0 Å². The quantitative estimate of drug-likeness (QED) is 0.330. The monoisotopic (exact) mass is 544 g/mol. The van der Waals surface area contributed by atoms with E-state index in [1.165, 1.54) is 24.5 Å². The summed E-state index contributed by atoms with van der Waals surface area (Å²) in [6.45, 7) is 5.84. The Bertz CT molecular complexity index is 1390. The molecular formula is C26H23Cl2FN4O4. The van der Waals surface area contributed by atoms with Gasteiger partial charge in [0.2, 0.25) is 5.91 Å². The van der Waals surface area contributed by atoms with Crippen LogP contribution in [0.2, 0.25) is 10.0 Å². The van der Waals surface area contributed by atoms with Crippen molar-refractivity contribution in [3.8, 4) is 11.5 Å². The number of hydrogen-bond acceptors (Lipinski definition) is 7. The number of fused-ring (bicyclic) bond motifs is 3. The average Bonchev–Trinajstić information content (AvgIpc) is 2.89. The Balaban J connectivity index is 1.33. The Morgan fingerprint density at radius 3 is 2.62 bits per heavy atom. The number of carbonyl (C=O) groups excluding carboxylic acids is 1. The summed E-state index contributed by atoms with van der Waals surface area (Å²) in [6.07, 6.45) is 3.60. The minimum Gasteiger partial charge on any atom is -0.486 e. The number of halogens is 3. The number of nitrogens with one attached hydrogen (secondary N) is 1. The molecule has 1 amide bonds. The minimum absolute atomic E-state index is 0.0557. The molecule has 3 aliphatic heterocycles. The Morgan fingerprint density at radius 2 is 1.92 bits per heavy atom. The molecule has 8 nitrogen and oxygen atoms in total. The highest BCUT2D eigenvalue weighted by Gasteiger charge is 2.49. The van der Waals surface area contributed by atoms with Crippen LogP contribution in [0.15, 0.2) is 43.2 Å². The van der Waals surface area contributed by atoms with Crippen molar-refractivity contribution in [2.75, 3.05) is 31.6 Å². The summed E-state index contributed by atoms with van der Waals surface area (Å²) in [4.78, 5) is 22.6. The molecule has 2 bridgehead atoms. The second-order valence-corrected chi connectivity index (χ2v) is 10.2. The molecule has 1 N–H and O–H groups in total. The zero-order chi connectivity index (χ0) is 25.7. The number of anilines is 2. The summed E-state index contributed by atoms with van der Waals surface area (Å²) in [5.41, 5.74) is 0.724. The van der Waals surface area contributed by atoms with Gasteiger partial charge >= 0.3 is 0 Å². The van der Waals surface area contributed by atoms with E-state index >= 15 is 0 Å². The van der Waals surface area contributed by atoms with E-state index in [4.69, 9.17) is 37.4 Å². The van der Waals surface area contributed by atoms with Crippen molar-refractivity contribution in [1.29, 1.82) is 0 Å². The highest BCUT2D eigenvalue weighted by atomic mass is 35.5. The van der Waals surface area contributed by atoms with E-state index in [1.54, 1.807) is 6.07 Å². The molecule has 37 heavy (non-hydrogen) atoms. The van der Waals surface area contributed by atoms with Gasteiger partial charge in [0, 0.05) is 36.4 Å². The number of amides is 1. The maximum absolute atomic E-state index is 14.7. The lowest BCUT2D eigenvalue weighted by molar-refractivity contribution is -0.142. The van der Waals surface area contributed by atoms with E-state index in [0.29, 0.717) is 54.5 Å². The van der Waals surface area contributed by atoms with Crippen LogP contribution >= 0.6 is 23.2 Å². The molecule has 4 heterocycles. The fraction of sp³-hybridized carbons (Fsp3) is 0.346. The Morgan fingerprint density at radius 1 is 1.16 bits per heavy atom. The number of rotatable bonds is 7. The lowest BCUT2D eigenvalue weighted by Crippen LogP contribution is -2.61. The number of piperidine rings is 2. The molecule has 2 aromatic carbocycles. The second-order valence-electron chi connectivity index (χ2n) is 9.45. The van der Waals surface area contributed by atoms with E-state index in [1.807, 2.05) is 11.0 Å². The van der Waals surface area contributed by atoms with E-state index in [9.17, 15) is 9.18 Å². The zero-order valence-electron chi connectivity index (χ0n) is 19.6.